The first-order chi connectivity index (χ1) is 51.7. The van der Waals surface area contributed by atoms with Crippen LogP contribution in [0, 0.1) is 37.2 Å². The summed E-state index contributed by atoms with van der Waals surface area (Å²) in [7, 11) is 0. The molecule has 1 aliphatic carbocycles. The van der Waals surface area contributed by atoms with Gasteiger partial charge in [-0.05, 0) is 244 Å². The van der Waals surface area contributed by atoms with Crippen LogP contribution in [0.4, 0.5) is 51.2 Å². The second-order valence-electron chi connectivity index (χ2n) is 28.9. The summed E-state index contributed by atoms with van der Waals surface area (Å²) in [5.74, 6) is 1.25. The number of nitriles is 1. The highest BCUT2D eigenvalue weighted by Crippen LogP contribution is 2.53. The maximum absolute atomic E-state index is 9.82. The van der Waals surface area contributed by atoms with Crippen molar-refractivity contribution in [2.45, 2.75) is 86.0 Å². The number of nitrogens with zero attached hydrogens (tertiary/aromatic N) is 5. The molecular weight excluding hydrogens is 1290 g/mol. The normalized spacial score (nSPS) is 14.4. The van der Waals surface area contributed by atoms with Crippen LogP contribution in [0.2, 0.25) is 0 Å². The summed E-state index contributed by atoms with van der Waals surface area (Å²) in [5.41, 5.74) is 27.4. The van der Waals surface area contributed by atoms with Crippen LogP contribution in [0.5, 0.6) is 0 Å². The SMILES string of the molecule is [C-]#[N+]/C(C#N)=C1C=C(/C=C/c2ccc(N(c3ccc(C)cc3)c3ccc(-c4cc(/C=C/c5cccc(N(c6ccccc6)c6ccccc6)c5)c(-c5ccc6c(c5)C(C)(CCCCCC)c5cc(C)ccc5-6)cc4/C=C/c4ccc(N(c5ccccc5)c5ccccc5)cc4)cc3)cc2)OC(C(C)(C)C)=C/1. The minimum absolute atomic E-state index is 0.0297. The van der Waals surface area contributed by atoms with Crippen LogP contribution in [0.25, 0.3) is 68.6 Å². The summed E-state index contributed by atoms with van der Waals surface area (Å²) in [6.45, 7) is 23.0. The molecule has 0 fully saturated rings. The Bertz CT molecular complexity index is 5320. The fraction of sp³-hybridized carbons (Fsp3) is 0.140. The third-order valence-electron chi connectivity index (χ3n) is 20.3. The monoisotopic (exact) mass is 1370 g/mol. The number of allylic oxidation sites excluding steroid dienone is 6. The van der Waals surface area contributed by atoms with Gasteiger partial charge in [0.05, 0.1) is 12.6 Å². The molecule has 0 aromatic heterocycles. The average Bonchev–Trinajstić information content (AvgIpc) is 1.57. The first kappa shape index (κ1) is 70.3. The topological polar surface area (TPSA) is 47.1 Å². The fourth-order valence-electron chi connectivity index (χ4n) is 14.7. The number of para-hydroxylation sites is 4. The Balaban J connectivity index is 0.903. The molecule has 0 spiro atoms. The highest BCUT2D eigenvalue weighted by Gasteiger charge is 2.39. The van der Waals surface area contributed by atoms with E-state index >= 15 is 0 Å². The van der Waals surface area contributed by atoms with Crippen LogP contribution in [0.1, 0.15) is 117 Å². The Hall–Kier alpha value is -12.7. The van der Waals surface area contributed by atoms with Gasteiger partial charge in [-0.1, -0.05) is 266 Å². The van der Waals surface area contributed by atoms with Crippen molar-refractivity contribution in [1.29, 1.82) is 5.26 Å². The van der Waals surface area contributed by atoms with Crippen LogP contribution in [0.3, 0.4) is 0 Å². The van der Waals surface area contributed by atoms with Gasteiger partial charge in [-0.15, -0.1) is 0 Å². The van der Waals surface area contributed by atoms with Gasteiger partial charge in [0.1, 0.15) is 11.5 Å². The lowest BCUT2D eigenvalue weighted by Crippen LogP contribution is -2.21. The van der Waals surface area contributed by atoms with E-state index in [1.807, 2.05) is 12.2 Å². The van der Waals surface area contributed by atoms with Gasteiger partial charge in [0.25, 0.3) is 5.70 Å². The molecule has 12 aromatic carbocycles. The average molecular weight is 1370 g/mol. The van der Waals surface area contributed by atoms with E-state index in [2.05, 4.69) is 390 Å². The van der Waals surface area contributed by atoms with Crippen molar-refractivity contribution < 1.29 is 4.74 Å². The van der Waals surface area contributed by atoms with Gasteiger partial charge < -0.3 is 19.4 Å². The summed E-state index contributed by atoms with van der Waals surface area (Å²) in [6.07, 6.45) is 22.6. The first-order valence-corrected chi connectivity index (χ1v) is 36.9. The Morgan fingerprint density at radius 2 is 0.858 bits per heavy atom. The number of anilines is 9. The molecule has 6 nitrogen and oxygen atoms in total. The molecule has 12 aromatic rings. The molecule has 1 unspecified atom stereocenters. The molecule has 0 saturated heterocycles. The number of unbranched alkanes of at least 4 members (excludes halogenated alkanes) is 3. The molecule has 0 bridgehead atoms. The quantitative estimate of drug-likeness (QED) is 0.0293. The van der Waals surface area contributed by atoms with Crippen molar-refractivity contribution >= 4 is 81.6 Å². The summed E-state index contributed by atoms with van der Waals surface area (Å²) in [5, 5.41) is 9.82. The van der Waals surface area contributed by atoms with Crippen LogP contribution in [-0.4, -0.2) is 0 Å². The molecule has 0 radical (unpaired) electrons. The summed E-state index contributed by atoms with van der Waals surface area (Å²) in [4.78, 5) is 10.5. The van der Waals surface area contributed by atoms with Crippen LogP contribution >= 0.6 is 0 Å². The molecule has 0 amide bonds. The molecular formula is C100H87N5O. The summed E-state index contributed by atoms with van der Waals surface area (Å²) in [6, 6.07) is 108. The number of hydrogen-bond donors (Lipinski definition) is 0. The largest absolute Gasteiger partial charge is 0.461 e. The Labute approximate surface area is 627 Å². The minimum atomic E-state index is -0.342. The van der Waals surface area contributed by atoms with Gasteiger partial charge in [-0.2, -0.15) is 0 Å². The van der Waals surface area contributed by atoms with Crippen LogP contribution < -0.4 is 14.7 Å². The van der Waals surface area contributed by atoms with E-state index in [0.717, 1.165) is 109 Å². The van der Waals surface area contributed by atoms with Gasteiger partial charge in [-0.3, -0.25) is 0 Å². The molecule has 2 aliphatic rings. The second kappa shape index (κ2) is 31.5. The zero-order valence-corrected chi connectivity index (χ0v) is 61.5. The number of benzene rings is 12. The van der Waals surface area contributed by atoms with E-state index in [-0.39, 0.29) is 16.5 Å². The predicted molar refractivity (Wildman–Crippen MR) is 447 cm³/mol. The van der Waals surface area contributed by atoms with Gasteiger partial charge in [0, 0.05) is 62.0 Å². The van der Waals surface area contributed by atoms with Gasteiger partial charge in [0.15, 0.2) is 0 Å². The van der Waals surface area contributed by atoms with E-state index in [1.165, 1.54) is 58.2 Å². The third kappa shape index (κ3) is 15.5. The van der Waals surface area contributed by atoms with Crippen molar-refractivity contribution in [1.82, 2.24) is 0 Å². The Morgan fingerprint density at radius 1 is 0.425 bits per heavy atom. The summed E-state index contributed by atoms with van der Waals surface area (Å²) < 4.78 is 6.37. The van der Waals surface area contributed by atoms with E-state index in [0.29, 0.717) is 17.1 Å². The van der Waals surface area contributed by atoms with Gasteiger partial charge >= 0.3 is 0 Å². The van der Waals surface area contributed by atoms with Crippen molar-refractivity contribution in [3.63, 3.8) is 0 Å². The number of aryl methyl sites for hydroxylation is 2. The van der Waals surface area contributed by atoms with E-state index in [4.69, 9.17) is 11.3 Å². The van der Waals surface area contributed by atoms with Crippen molar-refractivity contribution in [3.8, 4) is 39.4 Å². The van der Waals surface area contributed by atoms with Crippen molar-refractivity contribution in [2.75, 3.05) is 14.7 Å². The predicted octanol–water partition coefficient (Wildman–Crippen LogP) is 28.2. The Kier molecular flexibility index (Phi) is 20.9. The molecule has 518 valence electrons. The van der Waals surface area contributed by atoms with E-state index < -0.39 is 0 Å². The lowest BCUT2D eigenvalue weighted by molar-refractivity contribution is 0.223. The number of hydrogen-bond acceptors (Lipinski definition) is 5. The van der Waals surface area contributed by atoms with Crippen molar-refractivity contribution in [2.24, 2.45) is 5.41 Å². The highest BCUT2D eigenvalue weighted by atomic mass is 16.5. The molecule has 6 heteroatoms. The lowest BCUT2D eigenvalue weighted by Gasteiger charge is -2.28. The minimum Gasteiger partial charge on any atom is -0.461 e. The molecule has 0 N–H and O–H groups in total. The second-order valence-corrected chi connectivity index (χ2v) is 28.9. The zero-order valence-electron chi connectivity index (χ0n) is 61.5. The zero-order chi connectivity index (χ0) is 73.2. The lowest BCUT2D eigenvalue weighted by atomic mass is 9.75. The van der Waals surface area contributed by atoms with Gasteiger partial charge in [-0.25, -0.2) is 10.1 Å². The van der Waals surface area contributed by atoms with Crippen LogP contribution in [0.15, 0.2) is 332 Å². The number of ether oxygens (including phenoxy) is 1. The first-order valence-electron chi connectivity index (χ1n) is 36.9. The number of rotatable bonds is 22. The fourth-order valence-corrected chi connectivity index (χ4v) is 14.7. The summed E-state index contributed by atoms with van der Waals surface area (Å²) >= 11 is 0. The maximum atomic E-state index is 9.82. The Morgan fingerprint density at radius 3 is 1.37 bits per heavy atom. The standard InChI is InChI=1S/C100H87N5O/c1-9-10-11-24-62-100(7)95-63-72(3)38-60-91(95)92-61-50-79(68-96(92)100)94-67-77(46-39-73-41-53-86(54-42-73)103(81-27-16-12-17-28-81)82-29-18-13-19-30-82)93(66-78(94)47-40-75-26-25-35-89(64-75)105(83-31-20-14-21-32-83)84-33-22-15-23-34-84)76-48-57-88(58-49-76)104(85-51-36-71(2)37-52-85)87-55-43-74(44-56-87)45-59-90-65-80(97(70-101)102-8)69-98(106-90)99(4,5)6/h12-23,25-61,63-69H,9-11,24,62H2,1-7H3/b46-39+,47-40+,59-45+,97-80-. The maximum Gasteiger partial charge on any atom is 0.269 e. The highest BCUT2D eigenvalue weighted by molar-refractivity contribution is 5.94. The number of fused-ring (bicyclic) bond motifs is 3. The van der Waals surface area contributed by atoms with E-state index in [9.17, 15) is 5.26 Å². The molecule has 106 heavy (non-hydrogen) atoms. The molecule has 14 rings (SSSR count). The molecule has 1 aliphatic heterocycles. The molecule has 1 heterocycles. The van der Waals surface area contributed by atoms with Gasteiger partial charge in [0.2, 0.25) is 0 Å². The van der Waals surface area contributed by atoms with Crippen molar-refractivity contribution in [3.05, 3.63) is 394 Å². The van der Waals surface area contributed by atoms with Crippen LogP contribution in [-0.2, 0) is 10.2 Å². The molecule has 0 saturated carbocycles. The third-order valence-corrected chi connectivity index (χ3v) is 20.3. The smallest absolute Gasteiger partial charge is 0.269 e. The molecule has 1 atom stereocenters. The van der Waals surface area contributed by atoms with E-state index in [1.54, 1.807) is 12.2 Å².